The molecule has 0 fully saturated rings. The molecule has 0 aliphatic heterocycles. The fraction of sp³-hybridized carbons (Fsp3) is 0.200. The highest BCUT2D eigenvalue weighted by atomic mass is 32.1. The smallest absolute Gasteiger partial charge is 0.216 e. The van der Waals surface area contributed by atoms with Gasteiger partial charge >= 0.3 is 0 Å². The molecule has 148 valence electrons. The molecule has 1 N–H and O–H groups in total. The topological polar surface area (TPSA) is 76.9 Å². The van der Waals surface area contributed by atoms with Crippen LogP contribution in [0.15, 0.2) is 46.0 Å². The molecule has 4 rings (SSSR count). The summed E-state index contributed by atoms with van der Waals surface area (Å²) in [5, 5.41) is 15.6. The molecule has 3 heterocycles. The first-order chi connectivity index (χ1) is 13.9. The monoisotopic (exact) mass is 410 g/mol. The predicted molar refractivity (Wildman–Crippen MR) is 110 cm³/mol. The van der Waals surface area contributed by atoms with E-state index < -0.39 is 0 Å². The highest BCUT2D eigenvalue weighted by Gasteiger charge is 2.13. The van der Waals surface area contributed by atoms with Gasteiger partial charge in [-0.1, -0.05) is 17.3 Å². The molecule has 4 aromatic rings. The second-order valence-electron chi connectivity index (χ2n) is 6.76. The summed E-state index contributed by atoms with van der Waals surface area (Å²) in [6, 6.07) is 10.2. The van der Waals surface area contributed by atoms with Crippen LogP contribution in [0, 0.1) is 31.4 Å². The molecule has 0 radical (unpaired) electrons. The average molecular weight is 410 g/mol. The van der Waals surface area contributed by atoms with E-state index in [0.29, 0.717) is 17.0 Å². The molecule has 0 amide bonds. The van der Waals surface area contributed by atoms with Crippen LogP contribution in [-0.4, -0.2) is 30.8 Å². The highest BCUT2D eigenvalue weighted by Crippen LogP contribution is 2.20. The van der Waals surface area contributed by atoms with E-state index in [1.54, 1.807) is 23.0 Å². The van der Waals surface area contributed by atoms with Gasteiger partial charge in [-0.2, -0.15) is 14.9 Å². The van der Waals surface area contributed by atoms with Gasteiger partial charge in [0.25, 0.3) is 0 Å². The second-order valence-corrected chi connectivity index (χ2v) is 7.15. The Bertz CT molecular complexity index is 1240. The third kappa shape index (κ3) is 3.81. The third-order valence-electron chi connectivity index (χ3n) is 4.62. The van der Waals surface area contributed by atoms with Gasteiger partial charge in [-0.25, -0.2) is 4.39 Å². The number of rotatable bonds is 5. The average Bonchev–Trinajstić information content (AvgIpc) is 3.34. The third-order valence-corrected chi connectivity index (χ3v) is 4.88. The highest BCUT2D eigenvalue weighted by molar-refractivity contribution is 7.71. The lowest BCUT2D eigenvalue weighted by Gasteiger charge is -2.04. The van der Waals surface area contributed by atoms with E-state index in [0.717, 1.165) is 34.1 Å². The van der Waals surface area contributed by atoms with Crippen LogP contribution < -0.4 is 0 Å². The molecule has 0 bridgehead atoms. The summed E-state index contributed by atoms with van der Waals surface area (Å²) in [6.07, 6.45) is 2.22. The molecule has 7 nitrogen and oxygen atoms in total. The summed E-state index contributed by atoms with van der Waals surface area (Å²) >= 11 is 5.31. The van der Waals surface area contributed by atoms with Gasteiger partial charge in [0.15, 0.2) is 11.6 Å². The minimum atomic E-state index is -0.275. The van der Waals surface area contributed by atoms with Gasteiger partial charge in [0.2, 0.25) is 4.77 Å². The molecule has 0 aliphatic carbocycles. The molecule has 0 saturated carbocycles. The number of aromatic amines is 1. The predicted octanol–water partition coefficient (Wildman–Crippen LogP) is 4.26. The van der Waals surface area contributed by atoms with Crippen LogP contribution in [0.3, 0.4) is 0 Å². The molecule has 1 aromatic carbocycles. The van der Waals surface area contributed by atoms with Gasteiger partial charge in [-0.3, -0.25) is 9.67 Å². The van der Waals surface area contributed by atoms with Crippen LogP contribution in [-0.2, 0) is 6.42 Å². The van der Waals surface area contributed by atoms with Crippen LogP contribution in [0.4, 0.5) is 4.39 Å². The molecular weight excluding hydrogens is 391 g/mol. The number of aromatic nitrogens is 5. The SMILES string of the molecule is Cc1cc(-n2c(C)cc(/C=N\n3c(Cc4ccc(F)cc4)n[nH]c3=S)c2C)no1. The Hall–Kier alpha value is -3.33. The van der Waals surface area contributed by atoms with Crippen molar-refractivity contribution in [3.8, 4) is 5.82 Å². The van der Waals surface area contributed by atoms with Crippen molar-refractivity contribution in [3.63, 3.8) is 0 Å². The normalized spacial score (nSPS) is 11.6. The number of nitrogens with zero attached hydrogens (tertiary/aromatic N) is 5. The van der Waals surface area contributed by atoms with Crippen LogP contribution in [0.1, 0.15) is 34.1 Å². The number of aryl methyl sites for hydroxylation is 2. The first kappa shape index (κ1) is 19.0. The molecule has 0 atom stereocenters. The summed E-state index contributed by atoms with van der Waals surface area (Å²) < 4.78 is 22.3. The zero-order valence-electron chi connectivity index (χ0n) is 16.2. The van der Waals surface area contributed by atoms with E-state index in [-0.39, 0.29) is 5.82 Å². The zero-order chi connectivity index (χ0) is 20.5. The van der Waals surface area contributed by atoms with Crippen LogP contribution in [0.2, 0.25) is 0 Å². The van der Waals surface area contributed by atoms with Gasteiger partial charge in [0.1, 0.15) is 11.6 Å². The Morgan fingerprint density at radius 3 is 2.66 bits per heavy atom. The number of halogens is 1. The Morgan fingerprint density at radius 1 is 1.21 bits per heavy atom. The van der Waals surface area contributed by atoms with E-state index in [4.69, 9.17) is 16.7 Å². The number of H-pyrrole nitrogens is 1. The van der Waals surface area contributed by atoms with Gasteiger partial charge in [0.05, 0.1) is 6.21 Å². The van der Waals surface area contributed by atoms with Crippen LogP contribution in [0.5, 0.6) is 0 Å². The van der Waals surface area contributed by atoms with Crippen LogP contribution in [0.25, 0.3) is 5.82 Å². The molecule has 0 unspecified atom stereocenters. The van der Waals surface area contributed by atoms with E-state index in [1.807, 2.05) is 37.5 Å². The lowest BCUT2D eigenvalue weighted by molar-refractivity contribution is 0.394. The summed E-state index contributed by atoms with van der Waals surface area (Å²) in [6.45, 7) is 5.85. The summed E-state index contributed by atoms with van der Waals surface area (Å²) in [5.74, 6) is 1.84. The Morgan fingerprint density at radius 2 is 1.97 bits per heavy atom. The van der Waals surface area contributed by atoms with Crippen molar-refractivity contribution >= 4 is 18.4 Å². The van der Waals surface area contributed by atoms with E-state index in [2.05, 4.69) is 20.5 Å². The van der Waals surface area contributed by atoms with E-state index in [9.17, 15) is 4.39 Å². The summed E-state index contributed by atoms with van der Waals surface area (Å²) in [7, 11) is 0. The van der Waals surface area contributed by atoms with Crippen molar-refractivity contribution in [2.45, 2.75) is 27.2 Å². The molecule has 0 aliphatic rings. The first-order valence-corrected chi connectivity index (χ1v) is 9.41. The zero-order valence-corrected chi connectivity index (χ0v) is 17.0. The fourth-order valence-electron chi connectivity index (χ4n) is 3.19. The molecular formula is C20H19FN6OS. The van der Waals surface area contributed by atoms with Gasteiger partial charge in [-0.15, -0.1) is 0 Å². The Balaban J connectivity index is 1.64. The van der Waals surface area contributed by atoms with Crippen molar-refractivity contribution in [2.24, 2.45) is 5.10 Å². The van der Waals surface area contributed by atoms with Crippen molar-refractivity contribution < 1.29 is 8.91 Å². The van der Waals surface area contributed by atoms with Crippen molar-refractivity contribution in [2.75, 3.05) is 0 Å². The molecule has 3 aromatic heterocycles. The number of benzene rings is 1. The molecule has 29 heavy (non-hydrogen) atoms. The van der Waals surface area contributed by atoms with Gasteiger partial charge in [-0.05, 0) is 56.8 Å². The van der Waals surface area contributed by atoms with Gasteiger partial charge < -0.3 is 4.52 Å². The lowest BCUT2D eigenvalue weighted by Crippen LogP contribution is -2.02. The molecule has 0 spiro atoms. The first-order valence-electron chi connectivity index (χ1n) is 9.00. The minimum absolute atomic E-state index is 0.275. The number of nitrogens with one attached hydrogen (secondary N) is 1. The maximum Gasteiger partial charge on any atom is 0.216 e. The molecule has 0 saturated heterocycles. The minimum Gasteiger partial charge on any atom is -0.360 e. The lowest BCUT2D eigenvalue weighted by atomic mass is 10.1. The van der Waals surface area contributed by atoms with E-state index >= 15 is 0 Å². The second kappa shape index (κ2) is 7.59. The summed E-state index contributed by atoms with van der Waals surface area (Å²) in [5.41, 5.74) is 3.84. The maximum absolute atomic E-state index is 13.1. The Kier molecular flexibility index (Phi) is 4.98. The van der Waals surface area contributed by atoms with Gasteiger partial charge in [0, 0.05) is 29.4 Å². The fourth-order valence-corrected chi connectivity index (χ4v) is 3.39. The standard InChI is InChI=1S/C20H19FN6OS/c1-12-8-16(14(3)26(12)19-9-13(2)28-25-19)11-22-27-18(23-24-20(27)29)10-15-4-6-17(21)7-5-15/h4-9,11H,10H2,1-3H3,(H,24,29)/b22-11-. The quantitative estimate of drug-likeness (QED) is 0.394. The maximum atomic E-state index is 13.1. The largest absolute Gasteiger partial charge is 0.360 e. The van der Waals surface area contributed by atoms with E-state index in [1.165, 1.54) is 12.1 Å². The molecule has 9 heteroatoms. The van der Waals surface area contributed by atoms with Crippen molar-refractivity contribution in [1.29, 1.82) is 0 Å². The Labute approximate surface area is 171 Å². The number of hydrogen-bond acceptors (Lipinski definition) is 5. The van der Waals surface area contributed by atoms with Crippen molar-refractivity contribution in [1.82, 2.24) is 24.6 Å². The van der Waals surface area contributed by atoms with Crippen molar-refractivity contribution in [3.05, 3.63) is 81.1 Å². The summed E-state index contributed by atoms with van der Waals surface area (Å²) in [4.78, 5) is 0. The number of hydrogen-bond donors (Lipinski definition) is 1. The van der Waals surface area contributed by atoms with Crippen LogP contribution >= 0.6 is 12.2 Å².